The van der Waals surface area contributed by atoms with Crippen molar-refractivity contribution in [2.75, 3.05) is 0 Å². The lowest BCUT2D eigenvalue weighted by atomic mass is 9.84. The Morgan fingerprint density at radius 2 is 1.84 bits per heavy atom. The fraction of sp³-hybridized carbons (Fsp3) is 0.938. The molecule has 1 fully saturated rings. The molecule has 0 aromatic carbocycles. The van der Waals surface area contributed by atoms with Gasteiger partial charge in [-0.3, -0.25) is 4.79 Å². The fourth-order valence-electron chi connectivity index (χ4n) is 3.08. The fourth-order valence-corrected chi connectivity index (χ4v) is 3.08. The second kappa shape index (κ2) is 8.57. The maximum absolute atomic E-state index is 10.7. The first kappa shape index (κ1) is 16.5. The van der Waals surface area contributed by atoms with E-state index < -0.39 is 5.97 Å². The van der Waals surface area contributed by atoms with Crippen molar-refractivity contribution in [1.82, 2.24) is 5.32 Å². The third kappa shape index (κ3) is 6.42. The minimum atomic E-state index is -0.668. The first-order valence-corrected chi connectivity index (χ1v) is 8.01. The summed E-state index contributed by atoms with van der Waals surface area (Å²) in [7, 11) is 0. The highest BCUT2D eigenvalue weighted by atomic mass is 16.4. The second-order valence-electron chi connectivity index (χ2n) is 6.36. The van der Waals surface area contributed by atoms with E-state index in [1.807, 2.05) is 0 Å². The Kier molecular flexibility index (Phi) is 7.44. The van der Waals surface area contributed by atoms with Crippen LogP contribution in [0.4, 0.5) is 0 Å². The molecule has 3 heteroatoms. The van der Waals surface area contributed by atoms with Gasteiger partial charge in [-0.2, -0.15) is 0 Å². The van der Waals surface area contributed by atoms with Gasteiger partial charge in [0.15, 0.2) is 0 Å². The Labute approximate surface area is 118 Å². The number of rotatable bonds is 8. The van der Waals surface area contributed by atoms with E-state index in [0.29, 0.717) is 12.1 Å². The van der Waals surface area contributed by atoms with E-state index in [4.69, 9.17) is 5.11 Å². The molecule has 112 valence electrons. The van der Waals surface area contributed by atoms with Gasteiger partial charge in [0.1, 0.15) is 0 Å². The Morgan fingerprint density at radius 3 is 2.37 bits per heavy atom. The van der Waals surface area contributed by atoms with Crippen molar-refractivity contribution in [3.05, 3.63) is 0 Å². The third-order valence-corrected chi connectivity index (χ3v) is 4.64. The third-order valence-electron chi connectivity index (χ3n) is 4.64. The number of hydrogen-bond donors (Lipinski definition) is 2. The molecular weight excluding hydrogens is 238 g/mol. The molecule has 2 unspecified atom stereocenters. The topological polar surface area (TPSA) is 49.3 Å². The van der Waals surface area contributed by atoms with Gasteiger partial charge in [-0.05, 0) is 51.4 Å². The Balaban J connectivity index is 2.11. The van der Waals surface area contributed by atoms with Crippen LogP contribution in [0.2, 0.25) is 0 Å². The predicted molar refractivity (Wildman–Crippen MR) is 79.3 cm³/mol. The van der Waals surface area contributed by atoms with Gasteiger partial charge in [0.25, 0.3) is 0 Å². The van der Waals surface area contributed by atoms with E-state index in [0.717, 1.165) is 25.2 Å². The summed E-state index contributed by atoms with van der Waals surface area (Å²) >= 11 is 0. The molecule has 1 rings (SSSR count). The Morgan fingerprint density at radius 1 is 1.21 bits per heavy atom. The van der Waals surface area contributed by atoms with E-state index in [1.54, 1.807) is 6.92 Å². The minimum absolute atomic E-state index is 0.202. The van der Waals surface area contributed by atoms with Crippen LogP contribution in [-0.4, -0.2) is 23.2 Å². The van der Waals surface area contributed by atoms with Gasteiger partial charge in [-0.15, -0.1) is 0 Å². The number of nitrogens with one attached hydrogen (secondary N) is 1. The molecule has 1 aliphatic rings. The van der Waals surface area contributed by atoms with Gasteiger partial charge >= 0.3 is 5.97 Å². The minimum Gasteiger partial charge on any atom is -0.481 e. The summed E-state index contributed by atoms with van der Waals surface area (Å²) in [6.45, 7) is 6.33. The smallest absolute Gasteiger partial charge is 0.306 e. The Hall–Kier alpha value is -0.570. The second-order valence-corrected chi connectivity index (χ2v) is 6.36. The van der Waals surface area contributed by atoms with Crippen molar-refractivity contribution >= 4 is 5.97 Å². The predicted octanol–water partition coefficient (Wildman–Crippen LogP) is 3.82. The van der Waals surface area contributed by atoms with Crippen LogP contribution in [0.1, 0.15) is 72.1 Å². The molecule has 2 N–H and O–H groups in total. The molecule has 0 aromatic heterocycles. The molecule has 1 saturated carbocycles. The number of hydrogen-bond acceptors (Lipinski definition) is 2. The standard InChI is InChI=1S/C16H31NO2/c1-4-14-8-10-15(11-9-14)17-13(3)7-5-6-12(2)16(18)19/h12-15,17H,4-11H2,1-3H3,(H,18,19). The molecule has 2 atom stereocenters. The largest absolute Gasteiger partial charge is 0.481 e. The van der Waals surface area contributed by atoms with Crippen molar-refractivity contribution < 1.29 is 9.90 Å². The molecule has 0 radical (unpaired) electrons. The van der Waals surface area contributed by atoms with Gasteiger partial charge in [0.2, 0.25) is 0 Å². The van der Waals surface area contributed by atoms with Crippen molar-refractivity contribution in [2.45, 2.75) is 84.2 Å². The zero-order valence-electron chi connectivity index (χ0n) is 12.8. The molecule has 0 bridgehead atoms. The summed E-state index contributed by atoms with van der Waals surface area (Å²) in [5.74, 6) is 0.0791. The molecule has 0 saturated heterocycles. The summed E-state index contributed by atoms with van der Waals surface area (Å²) in [4.78, 5) is 10.7. The molecular formula is C16H31NO2. The van der Waals surface area contributed by atoms with E-state index in [9.17, 15) is 4.79 Å². The molecule has 0 spiro atoms. The van der Waals surface area contributed by atoms with Crippen LogP contribution in [-0.2, 0) is 4.79 Å². The summed E-state index contributed by atoms with van der Waals surface area (Å²) in [5.41, 5.74) is 0. The van der Waals surface area contributed by atoms with Crippen molar-refractivity contribution in [1.29, 1.82) is 0 Å². The summed E-state index contributed by atoms with van der Waals surface area (Å²) in [6, 6.07) is 1.21. The monoisotopic (exact) mass is 269 g/mol. The number of carbonyl (C=O) groups is 1. The SMILES string of the molecule is CCC1CCC(NC(C)CCCC(C)C(=O)O)CC1. The van der Waals surface area contributed by atoms with Gasteiger partial charge in [0.05, 0.1) is 5.92 Å². The van der Waals surface area contributed by atoms with Crippen molar-refractivity contribution in [3.63, 3.8) is 0 Å². The molecule has 0 aromatic rings. The van der Waals surface area contributed by atoms with Gasteiger partial charge < -0.3 is 10.4 Å². The lowest BCUT2D eigenvalue weighted by molar-refractivity contribution is -0.141. The highest BCUT2D eigenvalue weighted by Gasteiger charge is 2.21. The van der Waals surface area contributed by atoms with Crippen LogP contribution in [0.25, 0.3) is 0 Å². The molecule has 0 amide bonds. The average molecular weight is 269 g/mol. The normalized spacial score (nSPS) is 26.9. The first-order valence-electron chi connectivity index (χ1n) is 8.01. The van der Waals surface area contributed by atoms with Crippen LogP contribution in [0.5, 0.6) is 0 Å². The van der Waals surface area contributed by atoms with Gasteiger partial charge in [-0.1, -0.05) is 26.7 Å². The Bertz CT molecular complexity index is 259. The van der Waals surface area contributed by atoms with Crippen LogP contribution in [0.15, 0.2) is 0 Å². The lowest BCUT2D eigenvalue weighted by Gasteiger charge is -2.31. The first-order chi connectivity index (χ1) is 9.02. The van der Waals surface area contributed by atoms with Crippen molar-refractivity contribution in [3.8, 4) is 0 Å². The molecule has 1 aliphatic carbocycles. The van der Waals surface area contributed by atoms with Crippen LogP contribution in [0.3, 0.4) is 0 Å². The number of carboxylic acids is 1. The highest BCUT2D eigenvalue weighted by molar-refractivity contribution is 5.69. The summed E-state index contributed by atoms with van der Waals surface area (Å²) < 4.78 is 0. The van der Waals surface area contributed by atoms with E-state index in [2.05, 4.69) is 19.2 Å². The molecule has 3 nitrogen and oxygen atoms in total. The van der Waals surface area contributed by atoms with E-state index in [-0.39, 0.29) is 5.92 Å². The van der Waals surface area contributed by atoms with E-state index >= 15 is 0 Å². The number of carboxylic acid groups (broad SMARTS) is 1. The molecule has 0 heterocycles. The lowest BCUT2D eigenvalue weighted by Crippen LogP contribution is -2.39. The average Bonchev–Trinajstić information content (AvgIpc) is 2.39. The highest BCUT2D eigenvalue weighted by Crippen LogP contribution is 2.26. The molecule has 19 heavy (non-hydrogen) atoms. The van der Waals surface area contributed by atoms with Crippen LogP contribution < -0.4 is 5.32 Å². The van der Waals surface area contributed by atoms with Crippen LogP contribution in [0, 0.1) is 11.8 Å². The molecule has 0 aliphatic heterocycles. The van der Waals surface area contributed by atoms with Crippen LogP contribution >= 0.6 is 0 Å². The van der Waals surface area contributed by atoms with Gasteiger partial charge in [-0.25, -0.2) is 0 Å². The van der Waals surface area contributed by atoms with Gasteiger partial charge in [0, 0.05) is 12.1 Å². The zero-order chi connectivity index (χ0) is 14.3. The van der Waals surface area contributed by atoms with E-state index in [1.165, 1.54) is 32.1 Å². The zero-order valence-corrected chi connectivity index (χ0v) is 12.8. The number of aliphatic carboxylic acids is 1. The quantitative estimate of drug-likeness (QED) is 0.704. The maximum atomic E-state index is 10.7. The summed E-state index contributed by atoms with van der Waals surface area (Å²) in [6.07, 6.45) is 9.59. The maximum Gasteiger partial charge on any atom is 0.306 e. The van der Waals surface area contributed by atoms with Crippen molar-refractivity contribution in [2.24, 2.45) is 11.8 Å². The summed E-state index contributed by atoms with van der Waals surface area (Å²) in [5, 5.41) is 12.6.